The zero-order chi connectivity index (χ0) is 19.5. The summed E-state index contributed by atoms with van der Waals surface area (Å²) >= 11 is 0. The Kier molecular flexibility index (Phi) is 17.7. The van der Waals surface area contributed by atoms with Crippen molar-refractivity contribution in [2.24, 2.45) is 0 Å². The molecule has 0 saturated heterocycles. The monoisotopic (exact) mass is 368 g/mol. The number of Topliss-reactive ketones (excluding diaryl/α,β-unsaturated/α-hetero) is 1. The number of unbranched alkanes of at least 4 members (excludes halogenated alkanes) is 14. The highest BCUT2D eigenvalue weighted by atomic mass is 16.6. The third-order valence-corrected chi connectivity index (χ3v) is 4.61. The molecule has 0 amide bonds. The first-order valence-corrected chi connectivity index (χ1v) is 10.8. The van der Waals surface area contributed by atoms with Crippen LogP contribution in [-0.4, -0.2) is 17.7 Å². The third kappa shape index (κ3) is 19.1. The molecule has 0 aromatic carbocycles. The Balaban J connectivity index is 3.23. The molecule has 0 N–H and O–H groups in total. The normalized spacial score (nSPS) is 10.7. The molecule has 0 aliphatic carbocycles. The summed E-state index contributed by atoms with van der Waals surface area (Å²) in [6.07, 6.45) is 19.1. The van der Waals surface area contributed by atoms with Crippen molar-refractivity contribution in [2.45, 2.75) is 123 Å². The molecule has 0 saturated carbocycles. The van der Waals surface area contributed by atoms with E-state index < -0.39 is 11.9 Å². The summed E-state index contributed by atoms with van der Waals surface area (Å²) in [4.78, 5) is 33.3. The molecule has 0 atom stereocenters. The highest BCUT2D eigenvalue weighted by Gasteiger charge is 2.11. The predicted molar refractivity (Wildman–Crippen MR) is 106 cm³/mol. The second-order valence-electron chi connectivity index (χ2n) is 7.42. The molecule has 0 radical (unpaired) electrons. The number of ketones is 1. The lowest BCUT2D eigenvalue weighted by atomic mass is 10.0. The Bertz CT molecular complexity index is 376. The van der Waals surface area contributed by atoms with Crippen molar-refractivity contribution in [1.82, 2.24) is 0 Å². The molecule has 0 unspecified atom stereocenters. The molecule has 0 heterocycles. The van der Waals surface area contributed by atoms with E-state index in [1.54, 1.807) is 0 Å². The minimum Gasteiger partial charge on any atom is -0.393 e. The van der Waals surface area contributed by atoms with Gasteiger partial charge in [0.05, 0.1) is 0 Å². The average Bonchev–Trinajstić information content (AvgIpc) is 2.57. The molecule has 4 nitrogen and oxygen atoms in total. The number of ether oxygens (including phenoxy) is 1. The smallest absolute Gasteiger partial charge is 0.320 e. The largest absolute Gasteiger partial charge is 0.393 e. The zero-order valence-electron chi connectivity index (χ0n) is 17.2. The van der Waals surface area contributed by atoms with Crippen molar-refractivity contribution < 1.29 is 19.1 Å². The van der Waals surface area contributed by atoms with Gasteiger partial charge in [-0.15, -0.1) is 0 Å². The molecule has 4 heteroatoms. The second-order valence-corrected chi connectivity index (χ2v) is 7.42. The van der Waals surface area contributed by atoms with Crippen molar-refractivity contribution >= 4 is 17.7 Å². The van der Waals surface area contributed by atoms with Crippen LogP contribution in [0.1, 0.15) is 123 Å². The predicted octanol–water partition coefficient (Wildman–Crippen LogP) is 6.30. The summed E-state index contributed by atoms with van der Waals surface area (Å²) in [6, 6.07) is 0. The van der Waals surface area contributed by atoms with Gasteiger partial charge in [0.25, 0.3) is 0 Å². The van der Waals surface area contributed by atoms with Crippen LogP contribution < -0.4 is 0 Å². The van der Waals surface area contributed by atoms with Crippen LogP contribution in [0.2, 0.25) is 0 Å². The summed E-state index contributed by atoms with van der Waals surface area (Å²) in [5, 5.41) is 0. The number of hydrogen-bond acceptors (Lipinski definition) is 4. The van der Waals surface area contributed by atoms with Crippen molar-refractivity contribution in [1.29, 1.82) is 0 Å². The fraction of sp³-hybridized carbons (Fsp3) is 0.864. The first-order valence-electron chi connectivity index (χ1n) is 10.8. The summed E-state index contributed by atoms with van der Waals surface area (Å²) in [6.45, 7) is 3.56. The molecule has 0 bridgehead atoms. The fourth-order valence-corrected chi connectivity index (χ4v) is 3.06. The molecule has 152 valence electrons. The Labute approximate surface area is 160 Å². The van der Waals surface area contributed by atoms with Gasteiger partial charge in [-0.25, -0.2) is 0 Å². The zero-order valence-corrected chi connectivity index (χ0v) is 17.2. The van der Waals surface area contributed by atoms with Gasteiger partial charge in [0.1, 0.15) is 12.2 Å². The highest BCUT2D eigenvalue weighted by Crippen LogP contribution is 2.13. The van der Waals surface area contributed by atoms with E-state index >= 15 is 0 Å². The fourth-order valence-electron chi connectivity index (χ4n) is 3.06. The van der Waals surface area contributed by atoms with Gasteiger partial charge in [0.2, 0.25) is 0 Å². The van der Waals surface area contributed by atoms with Crippen molar-refractivity contribution in [2.75, 3.05) is 0 Å². The van der Waals surface area contributed by atoms with Gasteiger partial charge in [-0.05, 0) is 13.3 Å². The Morgan fingerprint density at radius 1 is 0.577 bits per heavy atom. The van der Waals surface area contributed by atoms with Crippen molar-refractivity contribution in [3.63, 3.8) is 0 Å². The number of hydrogen-bond donors (Lipinski definition) is 0. The average molecular weight is 369 g/mol. The van der Waals surface area contributed by atoms with Crippen LogP contribution in [0, 0.1) is 0 Å². The SMILES string of the molecule is CCCCCCCCCCCCCCCCCC(=O)OC(=O)CC(C)=O. The van der Waals surface area contributed by atoms with E-state index in [9.17, 15) is 14.4 Å². The lowest BCUT2D eigenvalue weighted by Crippen LogP contribution is -2.14. The summed E-state index contributed by atoms with van der Waals surface area (Å²) in [7, 11) is 0. The maximum atomic E-state index is 11.4. The molecule has 0 fully saturated rings. The lowest BCUT2D eigenvalue weighted by molar-refractivity contribution is -0.160. The Hall–Kier alpha value is -1.19. The third-order valence-electron chi connectivity index (χ3n) is 4.61. The van der Waals surface area contributed by atoms with Gasteiger partial charge in [0.15, 0.2) is 0 Å². The van der Waals surface area contributed by atoms with Crippen LogP contribution in [-0.2, 0) is 19.1 Å². The lowest BCUT2D eigenvalue weighted by Gasteiger charge is -2.04. The van der Waals surface area contributed by atoms with Crippen LogP contribution in [0.5, 0.6) is 0 Å². The topological polar surface area (TPSA) is 60.4 Å². The number of carbonyl (C=O) groups excluding carboxylic acids is 3. The summed E-state index contributed by atoms with van der Waals surface area (Å²) < 4.78 is 4.58. The van der Waals surface area contributed by atoms with E-state index in [1.165, 1.54) is 84.0 Å². The molecule has 0 spiro atoms. The van der Waals surface area contributed by atoms with Crippen LogP contribution in [0.4, 0.5) is 0 Å². The molecule has 0 aliphatic heterocycles. The highest BCUT2D eigenvalue weighted by molar-refractivity contribution is 5.98. The molecular weight excluding hydrogens is 328 g/mol. The summed E-state index contributed by atoms with van der Waals surface area (Å²) in [5.74, 6) is -1.52. The second kappa shape index (κ2) is 18.6. The van der Waals surface area contributed by atoms with Crippen LogP contribution >= 0.6 is 0 Å². The molecular formula is C22H40O4. The molecule has 0 rings (SSSR count). The van der Waals surface area contributed by atoms with E-state index in [-0.39, 0.29) is 18.6 Å². The van der Waals surface area contributed by atoms with Gasteiger partial charge in [-0.2, -0.15) is 0 Å². The first-order chi connectivity index (χ1) is 12.6. The first kappa shape index (κ1) is 24.8. The molecule has 26 heavy (non-hydrogen) atoms. The van der Waals surface area contributed by atoms with Gasteiger partial charge in [-0.1, -0.05) is 96.8 Å². The quantitative estimate of drug-likeness (QED) is 0.162. The molecule has 0 aliphatic rings. The van der Waals surface area contributed by atoms with E-state index in [4.69, 9.17) is 0 Å². The van der Waals surface area contributed by atoms with Crippen LogP contribution in [0.15, 0.2) is 0 Å². The van der Waals surface area contributed by atoms with Crippen LogP contribution in [0.25, 0.3) is 0 Å². The van der Waals surface area contributed by atoms with Gasteiger partial charge >= 0.3 is 11.9 Å². The van der Waals surface area contributed by atoms with Crippen molar-refractivity contribution in [3.05, 3.63) is 0 Å². The van der Waals surface area contributed by atoms with Gasteiger partial charge < -0.3 is 4.74 Å². The molecule has 0 aromatic heterocycles. The van der Waals surface area contributed by atoms with Gasteiger partial charge in [-0.3, -0.25) is 14.4 Å². The minimum absolute atomic E-state index is 0.266. The van der Waals surface area contributed by atoms with Gasteiger partial charge in [0, 0.05) is 6.42 Å². The number of carbonyl (C=O) groups is 3. The van der Waals surface area contributed by atoms with E-state index in [1.807, 2.05) is 0 Å². The van der Waals surface area contributed by atoms with E-state index in [2.05, 4.69) is 11.7 Å². The number of rotatable bonds is 18. The maximum Gasteiger partial charge on any atom is 0.320 e. The molecule has 0 aromatic rings. The minimum atomic E-state index is -0.733. The number of esters is 2. The van der Waals surface area contributed by atoms with E-state index in [0.717, 1.165) is 19.3 Å². The maximum absolute atomic E-state index is 11.4. The Morgan fingerprint density at radius 2 is 0.962 bits per heavy atom. The summed E-state index contributed by atoms with van der Waals surface area (Å²) in [5.41, 5.74) is 0. The van der Waals surface area contributed by atoms with E-state index in [0.29, 0.717) is 0 Å². The van der Waals surface area contributed by atoms with Crippen LogP contribution in [0.3, 0.4) is 0 Å². The Morgan fingerprint density at radius 3 is 1.35 bits per heavy atom. The van der Waals surface area contributed by atoms with Crippen molar-refractivity contribution in [3.8, 4) is 0 Å². The standard InChI is InChI=1S/C22H40O4/c1-3-4-5-6-7-8-9-10-11-12-13-14-15-16-17-18-21(24)26-22(25)19-20(2)23/h3-19H2,1-2H3.